The summed E-state index contributed by atoms with van der Waals surface area (Å²) in [7, 11) is 0. The fourth-order valence-electron chi connectivity index (χ4n) is 3.74. The topological polar surface area (TPSA) is 44.3 Å². The zero-order valence-corrected chi connectivity index (χ0v) is 18.6. The maximum absolute atomic E-state index is 12.6. The van der Waals surface area contributed by atoms with Crippen molar-refractivity contribution in [2.75, 3.05) is 23.4 Å². The lowest BCUT2D eigenvalue weighted by atomic mass is 10.0. The highest BCUT2D eigenvalue weighted by Crippen LogP contribution is 2.38. The third kappa shape index (κ3) is 5.72. The minimum Gasteiger partial charge on any atom is -0.357 e. The molecule has 1 fully saturated rings. The predicted octanol–water partition coefficient (Wildman–Crippen LogP) is 5.89. The molecule has 3 aromatic rings. The van der Waals surface area contributed by atoms with E-state index in [-0.39, 0.29) is 22.2 Å². The molecule has 168 valence electrons. The standard InChI is InChI=1S/C23H24F3N5S/c1-22(2)15-30(18-6-8-19(9-7-18)32-23(24,25)26)16-31(22)14-17-10-12-28-21(13-17)29-20-5-3-4-11-27-20/h3-13H,14-16H2,1-2H3,(H,27,28,29). The normalized spacial score (nSPS) is 16.3. The van der Waals surface area contributed by atoms with Crippen LogP contribution in [0.1, 0.15) is 19.4 Å². The van der Waals surface area contributed by atoms with Gasteiger partial charge in [-0.2, -0.15) is 13.2 Å². The summed E-state index contributed by atoms with van der Waals surface area (Å²) < 4.78 is 37.8. The largest absolute Gasteiger partial charge is 0.446 e. The van der Waals surface area contributed by atoms with Gasteiger partial charge in [0.1, 0.15) is 11.6 Å². The van der Waals surface area contributed by atoms with Gasteiger partial charge in [-0.1, -0.05) is 6.07 Å². The third-order valence-corrected chi connectivity index (χ3v) is 6.07. The van der Waals surface area contributed by atoms with E-state index in [4.69, 9.17) is 0 Å². The number of thioether (sulfide) groups is 1. The van der Waals surface area contributed by atoms with Crippen molar-refractivity contribution in [2.45, 2.75) is 36.3 Å². The lowest BCUT2D eigenvalue weighted by Crippen LogP contribution is -2.39. The first-order valence-corrected chi connectivity index (χ1v) is 11.0. The molecule has 1 N–H and O–H groups in total. The molecule has 4 rings (SSSR count). The summed E-state index contributed by atoms with van der Waals surface area (Å²) in [6.07, 6.45) is 3.50. The summed E-state index contributed by atoms with van der Waals surface area (Å²) in [6, 6.07) is 16.2. The molecule has 5 nitrogen and oxygen atoms in total. The molecule has 0 spiro atoms. The Balaban J connectivity index is 1.43. The SMILES string of the molecule is CC1(C)CN(c2ccc(SC(F)(F)F)cc2)CN1Cc1ccnc(Nc2ccccn2)c1. The Kier molecular flexibility index (Phi) is 6.30. The van der Waals surface area contributed by atoms with Gasteiger partial charge in [0, 0.05) is 41.6 Å². The zero-order chi connectivity index (χ0) is 22.8. The molecule has 1 saturated heterocycles. The highest BCUT2D eigenvalue weighted by atomic mass is 32.2. The summed E-state index contributed by atoms with van der Waals surface area (Å²) >= 11 is -0.0893. The quantitative estimate of drug-likeness (QED) is 0.464. The highest BCUT2D eigenvalue weighted by Gasteiger charge is 2.37. The second-order valence-corrected chi connectivity index (χ2v) is 9.42. The third-order valence-electron chi connectivity index (χ3n) is 5.33. The van der Waals surface area contributed by atoms with E-state index in [2.05, 4.69) is 38.9 Å². The lowest BCUT2D eigenvalue weighted by Gasteiger charge is -2.29. The number of alkyl halides is 3. The molecule has 3 heterocycles. The van der Waals surface area contributed by atoms with Crippen molar-refractivity contribution in [3.05, 3.63) is 72.6 Å². The first-order valence-electron chi connectivity index (χ1n) is 10.2. The molecule has 0 unspecified atom stereocenters. The number of benzene rings is 1. The summed E-state index contributed by atoms with van der Waals surface area (Å²) in [4.78, 5) is 13.4. The smallest absolute Gasteiger partial charge is 0.357 e. The van der Waals surface area contributed by atoms with Crippen molar-refractivity contribution in [2.24, 2.45) is 0 Å². The average Bonchev–Trinajstić information content (AvgIpc) is 3.02. The Hall–Kier alpha value is -2.78. The van der Waals surface area contributed by atoms with Crippen LogP contribution in [-0.4, -0.2) is 39.1 Å². The van der Waals surface area contributed by atoms with E-state index in [0.717, 1.165) is 36.0 Å². The first-order chi connectivity index (χ1) is 15.2. The number of halogens is 3. The van der Waals surface area contributed by atoms with Gasteiger partial charge >= 0.3 is 5.51 Å². The molecule has 0 bridgehead atoms. The van der Waals surface area contributed by atoms with E-state index in [0.29, 0.717) is 6.67 Å². The van der Waals surface area contributed by atoms with Crippen LogP contribution in [0.5, 0.6) is 0 Å². The van der Waals surface area contributed by atoms with E-state index in [1.165, 1.54) is 12.1 Å². The number of hydrogen-bond donors (Lipinski definition) is 1. The van der Waals surface area contributed by atoms with Crippen LogP contribution in [0.3, 0.4) is 0 Å². The van der Waals surface area contributed by atoms with Crippen LogP contribution >= 0.6 is 11.8 Å². The van der Waals surface area contributed by atoms with Gasteiger partial charge in [0.15, 0.2) is 0 Å². The summed E-state index contributed by atoms with van der Waals surface area (Å²) in [5, 5.41) is 3.21. The number of anilines is 3. The second kappa shape index (κ2) is 8.99. The van der Waals surface area contributed by atoms with Gasteiger partial charge < -0.3 is 10.2 Å². The van der Waals surface area contributed by atoms with Crippen molar-refractivity contribution >= 4 is 29.1 Å². The Bertz CT molecular complexity index is 1040. The maximum atomic E-state index is 12.6. The molecule has 32 heavy (non-hydrogen) atoms. The predicted molar refractivity (Wildman–Crippen MR) is 122 cm³/mol. The number of nitrogens with zero attached hydrogens (tertiary/aromatic N) is 4. The molecule has 0 atom stereocenters. The molecule has 9 heteroatoms. The van der Waals surface area contributed by atoms with E-state index in [1.54, 1.807) is 24.5 Å². The molecule has 0 saturated carbocycles. The van der Waals surface area contributed by atoms with Crippen LogP contribution in [0.2, 0.25) is 0 Å². The van der Waals surface area contributed by atoms with Gasteiger partial charge in [-0.3, -0.25) is 4.90 Å². The number of nitrogens with one attached hydrogen (secondary N) is 1. The van der Waals surface area contributed by atoms with Gasteiger partial charge in [0.05, 0.1) is 6.67 Å². The van der Waals surface area contributed by atoms with Crippen LogP contribution in [0.4, 0.5) is 30.5 Å². The molecule has 0 radical (unpaired) electrons. The molecular weight excluding hydrogens is 435 g/mol. The van der Waals surface area contributed by atoms with Gasteiger partial charge in [-0.25, -0.2) is 9.97 Å². The second-order valence-electron chi connectivity index (χ2n) is 8.28. The number of hydrogen-bond acceptors (Lipinski definition) is 6. The lowest BCUT2D eigenvalue weighted by molar-refractivity contribution is -0.0328. The Labute approximate surface area is 189 Å². The summed E-state index contributed by atoms with van der Waals surface area (Å²) in [5.74, 6) is 1.46. The van der Waals surface area contributed by atoms with Crippen molar-refractivity contribution in [3.8, 4) is 0 Å². The summed E-state index contributed by atoms with van der Waals surface area (Å²) in [6.45, 7) is 6.54. The average molecular weight is 460 g/mol. The van der Waals surface area contributed by atoms with Crippen molar-refractivity contribution in [1.82, 2.24) is 14.9 Å². The molecule has 1 aliphatic rings. The minimum atomic E-state index is -4.28. The summed E-state index contributed by atoms with van der Waals surface area (Å²) in [5.41, 5.74) is -2.34. The van der Waals surface area contributed by atoms with Crippen molar-refractivity contribution < 1.29 is 13.2 Å². The molecule has 0 aliphatic carbocycles. The Morgan fingerprint density at radius 2 is 1.75 bits per heavy atom. The van der Waals surface area contributed by atoms with Gasteiger partial charge in [-0.05, 0) is 79.7 Å². The van der Waals surface area contributed by atoms with Crippen LogP contribution in [0.15, 0.2) is 71.9 Å². The van der Waals surface area contributed by atoms with Crippen LogP contribution < -0.4 is 10.2 Å². The van der Waals surface area contributed by atoms with Crippen LogP contribution in [0, 0.1) is 0 Å². The molecular formula is C23H24F3N5S. The Morgan fingerprint density at radius 1 is 1.00 bits per heavy atom. The van der Waals surface area contributed by atoms with Gasteiger partial charge in [0.25, 0.3) is 0 Å². The fourth-order valence-corrected chi connectivity index (χ4v) is 4.28. The fraction of sp³-hybridized carbons (Fsp3) is 0.304. The van der Waals surface area contributed by atoms with Crippen molar-refractivity contribution in [3.63, 3.8) is 0 Å². The van der Waals surface area contributed by atoms with Crippen molar-refractivity contribution in [1.29, 1.82) is 0 Å². The van der Waals surface area contributed by atoms with E-state index >= 15 is 0 Å². The molecule has 1 aliphatic heterocycles. The number of aromatic nitrogens is 2. The zero-order valence-electron chi connectivity index (χ0n) is 17.8. The van der Waals surface area contributed by atoms with Crippen LogP contribution in [-0.2, 0) is 6.54 Å². The molecule has 1 aromatic carbocycles. The van der Waals surface area contributed by atoms with Gasteiger partial charge in [0.2, 0.25) is 0 Å². The molecule has 2 aromatic heterocycles. The minimum absolute atomic E-state index is 0.0893. The first kappa shape index (κ1) is 22.4. The monoisotopic (exact) mass is 459 g/mol. The van der Waals surface area contributed by atoms with Crippen LogP contribution in [0.25, 0.3) is 0 Å². The maximum Gasteiger partial charge on any atom is 0.446 e. The van der Waals surface area contributed by atoms with E-state index < -0.39 is 5.51 Å². The van der Waals surface area contributed by atoms with E-state index in [1.807, 2.05) is 30.3 Å². The molecule has 0 amide bonds. The Morgan fingerprint density at radius 3 is 2.44 bits per heavy atom. The number of rotatable bonds is 6. The number of pyridine rings is 2. The highest BCUT2D eigenvalue weighted by molar-refractivity contribution is 8.00. The van der Waals surface area contributed by atoms with E-state index in [9.17, 15) is 13.2 Å². The van der Waals surface area contributed by atoms with Gasteiger partial charge in [-0.15, -0.1) is 0 Å².